The third-order valence-corrected chi connectivity index (χ3v) is 4.36. The van der Waals surface area contributed by atoms with Crippen LogP contribution in [0.5, 0.6) is 0 Å². The maximum Gasteiger partial charge on any atom is 0.0897 e. The number of nitrogens with zero attached hydrogens (tertiary/aromatic N) is 1. The van der Waals surface area contributed by atoms with Gasteiger partial charge in [0.15, 0.2) is 0 Å². The van der Waals surface area contributed by atoms with Crippen LogP contribution in [0.25, 0.3) is 0 Å². The predicted molar refractivity (Wildman–Crippen MR) is 65.3 cm³/mol. The molecule has 0 bridgehead atoms. The van der Waals surface area contributed by atoms with E-state index in [1.165, 1.54) is 17.1 Å². The standard InChI is InChI=1S/C12H20N2S/c1-8-14-9(7-15-8)5-11(13-4)10-6-12(10,2)3/h7,10-11,13H,5-6H2,1-4H3. The summed E-state index contributed by atoms with van der Waals surface area (Å²) in [5.74, 6) is 0.824. The van der Waals surface area contributed by atoms with Crippen molar-refractivity contribution in [1.82, 2.24) is 10.3 Å². The normalized spacial score (nSPS) is 25.2. The minimum absolute atomic E-state index is 0.540. The Morgan fingerprint density at radius 2 is 2.33 bits per heavy atom. The van der Waals surface area contributed by atoms with Crippen molar-refractivity contribution in [3.63, 3.8) is 0 Å². The second-order valence-corrected chi connectivity index (χ2v) is 6.32. The van der Waals surface area contributed by atoms with Crippen molar-refractivity contribution in [2.24, 2.45) is 11.3 Å². The summed E-state index contributed by atoms with van der Waals surface area (Å²) in [6, 6.07) is 0.599. The Morgan fingerprint density at radius 3 is 2.73 bits per heavy atom. The summed E-state index contributed by atoms with van der Waals surface area (Å²) in [6.07, 6.45) is 2.43. The molecule has 2 unspecified atom stereocenters. The van der Waals surface area contributed by atoms with Crippen LogP contribution in [0.2, 0.25) is 0 Å². The molecule has 1 aliphatic rings. The molecule has 1 aliphatic carbocycles. The lowest BCUT2D eigenvalue weighted by atomic mass is 10.0. The van der Waals surface area contributed by atoms with Gasteiger partial charge < -0.3 is 5.32 Å². The van der Waals surface area contributed by atoms with Crippen molar-refractivity contribution in [1.29, 1.82) is 0 Å². The monoisotopic (exact) mass is 224 g/mol. The highest BCUT2D eigenvalue weighted by Crippen LogP contribution is 2.53. The van der Waals surface area contributed by atoms with E-state index >= 15 is 0 Å². The van der Waals surface area contributed by atoms with Gasteiger partial charge in [0.1, 0.15) is 0 Å². The molecule has 84 valence electrons. The van der Waals surface area contributed by atoms with E-state index in [0.717, 1.165) is 12.3 Å². The topological polar surface area (TPSA) is 24.9 Å². The third-order valence-electron chi connectivity index (χ3n) is 3.54. The smallest absolute Gasteiger partial charge is 0.0897 e. The van der Waals surface area contributed by atoms with E-state index in [0.29, 0.717) is 11.5 Å². The van der Waals surface area contributed by atoms with Crippen LogP contribution in [0.3, 0.4) is 0 Å². The highest BCUT2D eigenvalue weighted by Gasteiger charge is 2.49. The second-order valence-electron chi connectivity index (χ2n) is 5.26. The second kappa shape index (κ2) is 3.87. The maximum atomic E-state index is 4.53. The lowest BCUT2D eigenvalue weighted by molar-refractivity contribution is 0.424. The van der Waals surface area contributed by atoms with Crippen LogP contribution in [-0.2, 0) is 6.42 Å². The van der Waals surface area contributed by atoms with Crippen LogP contribution < -0.4 is 5.32 Å². The van der Waals surface area contributed by atoms with Crippen molar-refractivity contribution in [2.45, 2.75) is 39.7 Å². The van der Waals surface area contributed by atoms with Gasteiger partial charge in [-0.05, 0) is 31.7 Å². The minimum Gasteiger partial charge on any atom is -0.316 e. The number of rotatable bonds is 4. The SMILES string of the molecule is CNC(Cc1csc(C)n1)C1CC1(C)C. The fraction of sp³-hybridized carbons (Fsp3) is 0.750. The lowest BCUT2D eigenvalue weighted by Gasteiger charge is -2.16. The number of nitrogens with one attached hydrogen (secondary N) is 1. The summed E-state index contributed by atoms with van der Waals surface area (Å²) in [5.41, 5.74) is 1.79. The predicted octanol–water partition coefficient (Wildman–Crippen LogP) is 2.63. The Kier molecular flexibility index (Phi) is 2.86. The van der Waals surface area contributed by atoms with Gasteiger partial charge in [0, 0.05) is 17.8 Å². The van der Waals surface area contributed by atoms with E-state index in [1.54, 1.807) is 11.3 Å². The van der Waals surface area contributed by atoms with Crippen LogP contribution in [-0.4, -0.2) is 18.1 Å². The first kappa shape index (κ1) is 11.1. The summed E-state index contributed by atoms with van der Waals surface area (Å²) in [4.78, 5) is 4.53. The van der Waals surface area contributed by atoms with E-state index in [1.807, 2.05) is 0 Å². The molecule has 1 heterocycles. The first-order chi connectivity index (χ1) is 7.03. The average Bonchev–Trinajstić information content (AvgIpc) is 2.59. The van der Waals surface area contributed by atoms with E-state index in [2.05, 4.69) is 43.5 Å². The molecule has 1 N–H and O–H groups in total. The Balaban J connectivity index is 1.98. The fourth-order valence-electron chi connectivity index (χ4n) is 2.37. The van der Waals surface area contributed by atoms with Crippen LogP contribution in [0.4, 0.5) is 0 Å². The number of aryl methyl sites for hydroxylation is 1. The van der Waals surface area contributed by atoms with Crippen LogP contribution in [0, 0.1) is 18.3 Å². The number of likely N-dealkylation sites (N-methyl/N-ethyl adjacent to an activating group) is 1. The minimum atomic E-state index is 0.540. The molecule has 3 heteroatoms. The molecule has 2 rings (SSSR count). The fourth-order valence-corrected chi connectivity index (χ4v) is 2.99. The number of hydrogen-bond acceptors (Lipinski definition) is 3. The summed E-state index contributed by atoms with van der Waals surface area (Å²) >= 11 is 1.75. The highest BCUT2D eigenvalue weighted by atomic mass is 32.1. The summed E-state index contributed by atoms with van der Waals surface area (Å²) in [5, 5.41) is 6.81. The molecule has 0 aromatic carbocycles. The maximum absolute atomic E-state index is 4.53. The van der Waals surface area contributed by atoms with Crippen molar-refractivity contribution in [2.75, 3.05) is 7.05 Å². The van der Waals surface area contributed by atoms with Gasteiger partial charge in [0.2, 0.25) is 0 Å². The molecular weight excluding hydrogens is 204 g/mol. The molecule has 0 radical (unpaired) electrons. The number of thiazole rings is 1. The first-order valence-corrected chi connectivity index (χ1v) is 6.49. The van der Waals surface area contributed by atoms with E-state index in [-0.39, 0.29) is 0 Å². The zero-order valence-electron chi connectivity index (χ0n) is 10.0. The molecule has 2 nitrogen and oxygen atoms in total. The summed E-state index contributed by atoms with van der Waals surface area (Å²) in [7, 11) is 2.07. The Morgan fingerprint density at radius 1 is 1.67 bits per heavy atom. The largest absolute Gasteiger partial charge is 0.316 e. The van der Waals surface area contributed by atoms with E-state index < -0.39 is 0 Å². The molecule has 1 aromatic heterocycles. The molecule has 0 amide bonds. The van der Waals surface area contributed by atoms with Crippen LogP contribution in [0.15, 0.2) is 5.38 Å². The third kappa shape index (κ3) is 2.40. The Labute approximate surface area is 96.1 Å². The average molecular weight is 224 g/mol. The quantitative estimate of drug-likeness (QED) is 0.850. The molecule has 15 heavy (non-hydrogen) atoms. The molecule has 0 aliphatic heterocycles. The van der Waals surface area contributed by atoms with Crippen LogP contribution >= 0.6 is 11.3 Å². The van der Waals surface area contributed by atoms with Crippen molar-refractivity contribution >= 4 is 11.3 Å². The molecular formula is C12H20N2S. The van der Waals surface area contributed by atoms with Gasteiger partial charge in [0.25, 0.3) is 0 Å². The molecule has 0 spiro atoms. The van der Waals surface area contributed by atoms with Crippen molar-refractivity contribution in [3.05, 3.63) is 16.1 Å². The van der Waals surface area contributed by atoms with Crippen LogP contribution in [0.1, 0.15) is 31.0 Å². The van der Waals surface area contributed by atoms with Gasteiger partial charge in [-0.15, -0.1) is 11.3 Å². The molecule has 1 aromatic rings. The van der Waals surface area contributed by atoms with Gasteiger partial charge in [-0.1, -0.05) is 13.8 Å². The van der Waals surface area contributed by atoms with E-state index in [4.69, 9.17) is 0 Å². The van der Waals surface area contributed by atoms with Gasteiger partial charge in [-0.25, -0.2) is 4.98 Å². The molecule has 2 atom stereocenters. The Bertz CT molecular complexity index is 343. The molecule has 1 saturated carbocycles. The number of hydrogen-bond donors (Lipinski definition) is 1. The lowest BCUT2D eigenvalue weighted by Crippen LogP contribution is -2.31. The van der Waals surface area contributed by atoms with E-state index in [9.17, 15) is 0 Å². The highest BCUT2D eigenvalue weighted by molar-refractivity contribution is 7.09. The summed E-state index contributed by atoms with van der Waals surface area (Å²) in [6.45, 7) is 6.78. The van der Waals surface area contributed by atoms with Crippen molar-refractivity contribution in [3.8, 4) is 0 Å². The molecule has 0 saturated heterocycles. The zero-order valence-corrected chi connectivity index (χ0v) is 10.8. The summed E-state index contributed by atoms with van der Waals surface area (Å²) < 4.78 is 0. The van der Waals surface area contributed by atoms with Gasteiger partial charge in [0.05, 0.1) is 10.7 Å². The Hall–Kier alpha value is -0.410. The van der Waals surface area contributed by atoms with Gasteiger partial charge >= 0.3 is 0 Å². The first-order valence-electron chi connectivity index (χ1n) is 5.61. The molecule has 1 fully saturated rings. The van der Waals surface area contributed by atoms with Crippen molar-refractivity contribution < 1.29 is 0 Å². The van der Waals surface area contributed by atoms with Gasteiger partial charge in [-0.3, -0.25) is 0 Å². The van der Waals surface area contributed by atoms with Gasteiger partial charge in [-0.2, -0.15) is 0 Å². The zero-order chi connectivity index (χ0) is 11.1. The number of aromatic nitrogens is 1.